The lowest BCUT2D eigenvalue weighted by molar-refractivity contribution is -0.137. The Labute approximate surface area is 199 Å². The summed E-state index contributed by atoms with van der Waals surface area (Å²) in [7, 11) is 0. The second kappa shape index (κ2) is 10.0. The standard InChI is InChI=1S/C25H24F3N3O4/c26-25(27,28)18-5-7-19(8-6-18)31-11-10-30(24(35)15-33)13-17-12-16(4-9-22(17)31)20-2-1-3-21(29-20)23(34)14-32/h1-9,12,23,32-34H,10-11,13-15H2/t23-/m1/s1. The summed E-state index contributed by atoms with van der Waals surface area (Å²) in [5.74, 6) is -0.457. The Morgan fingerprint density at radius 1 is 1.03 bits per heavy atom. The number of anilines is 2. The predicted octanol–water partition coefficient (Wildman–Crippen LogP) is 3.27. The SMILES string of the molecule is O=C(CO)N1CCN(c2ccc(C(F)(F)F)cc2)c2ccc(-c3cccc([C@H](O)CO)n3)cc2C1. The maximum absolute atomic E-state index is 13.0. The van der Waals surface area contributed by atoms with Crippen LogP contribution in [0.3, 0.4) is 0 Å². The normalized spacial score (nSPS) is 14.9. The van der Waals surface area contributed by atoms with Crippen molar-refractivity contribution in [3.8, 4) is 11.3 Å². The van der Waals surface area contributed by atoms with E-state index < -0.39 is 37.0 Å². The molecule has 1 aliphatic rings. The molecule has 0 fully saturated rings. The topological polar surface area (TPSA) is 97.1 Å². The van der Waals surface area contributed by atoms with Crippen molar-refractivity contribution in [1.82, 2.24) is 9.88 Å². The Morgan fingerprint density at radius 3 is 2.43 bits per heavy atom. The molecule has 1 aliphatic heterocycles. The van der Waals surface area contributed by atoms with E-state index in [1.54, 1.807) is 24.3 Å². The molecule has 1 aromatic heterocycles. The summed E-state index contributed by atoms with van der Waals surface area (Å²) in [5.41, 5.74) is 2.77. The van der Waals surface area contributed by atoms with Crippen LogP contribution in [0.4, 0.5) is 24.5 Å². The lowest BCUT2D eigenvalue weighted by atomic mass is 10.0. The molecule has 2 heterocycles. The minimum absolute atomic E-state index is 0.193. The van der Waals surface area contributed by atoms with E-state index in [0.717, 1.165) is 17.7 Å². The van der Waals surface area contributed by atoms with Crippen molar-refractivity contribution < 1.29 is 33.3 Å². The number of benzene rings is 2. The largest absolute Gasteiger partial charge is 0.416 e. The van der Waals surface area contributed by atoms with E-state index >= 15 is 0 Å². The number of carbonyl (C=O) groups is 1. The van der Waals surface area contributed by atoms with Crippen LogP contribution in [0.25, 0.3) is 11.3 Å². The Balaban J connectivity index is 1.75. The molecule has 2 aromatic carbocycles. The average molecular weight is 487 g/mol. The fourth-order valence-corrected chi connectivity index (χ4v) is 4.06. The minimum atomic E-state index is -4.44. The van der Waals surface area contributed by atoms with Crippen LogP contribution >= 0.6 is 0 Å². The third-order valence-corrected chi connectivity index (χ3v) is 5.90. The van der Waals surface area contributed by atoms with E-state index in [2.05, 4.69) is 4.98 Å². The number of nitrogens with zero attached hydrogens (tertiary/aromatic N) is 3. The van der Waals surface area contributed by atoms with Crippen LogP contribution in [0.2, 0.25) is 0 Å². The van der Waals surface area contributed by atoms with Gasteiger partial charge in [-0.25, -0.2) is 4.98 Å². The lowest BCUT2D eigenvalue weighted by Gasteiger charge is -2.25. The van der Waals surface area contributed by atoms with Gasteiger partial charge in [-0.15, -0.1) is 0 Å². The zero-order valence-corrected chi connectivity index (χ0v) is 18.6. The third kappa shape index (κ3) is 5.29. The Bertz CT molecular complexity index is 1200. The average Bonchev–Trinajstić information content (AvgIpc) is 3.06. The van der Waals surface area contributed by atoms with Gasteiger partial charge in [-0.1, -0.05) is 12.1 Å². The number of pyridine rings is 1. The molecule has 184 valence electrons. The van der Waals surface area contributed by atoms with Gasteiger partial charge >= 0.3 is 6.18 Å². The van der Waals surface area contributed by atoms with Crippen molar-refractivity contribution in [2.75, 3.05) is 31.2 Å². The van der Waals surface area contributed by atoms with Gasteiger partial charge in [-0.05, 0) is 54.1 Å². The van der Waals surface area contributed by atoms with Crippen molar-refractivity contribution in [2.24, 2.45) is 0 Å². The monoisotopic (exact) mass is 487 g/mol. The summed E-state index contributed by atoms with van der Waals surface area (Å²) < 4.78 is 39.1. The van der Waals surface area contributed by atoms with Crippen LogP contribution in [-0.2, 0) is 17.5 Å². The number of rotatable bonds is 5. The molecule has 35 heavy (non-hydrogen) atoms. The van der Waals surface area contributed by atoms with E-state index in [4.69, 9.17) is 0 Å². The minimum Gasteiger partial charge on any atom is -0.393 e. The number of hydrogen-bond acceptors (Lipinski definition) is 6. The van der Waals surface area contributed by atoms with Gasteiger partial charge in [0.25, 0.3) is 0 Å². The number of halogens is 3. The molecule has 0 spiro atoms. The highest BCUT2D eigenvalue weighted by atomic mass is 19.4. The van der Waals surface area contributed by atoms with Gasteiger partial charge in [0, 0.05) is 36.6 Å². The Kier molecular flexibility index (Phi) is 7.06. The first kappa shape index (κ1) is 24.6. The summed E-state index contributed by atoms with van der Waals surface area (Å²) in [6.45, 7) is -0.349. The molecule has 0 saturated heterocycles. The maximum Gasteiger partial charge on any atom is 0.416 e. The fourth-order valence-electron chi connectivity index (χ4n) is 4.06. The first-order valence-corrected chi connectivity index (χ1v) is 10.9. The van der Waals surface area contributed by atoms with Crippen LogP contribution in [0.5, 0.6) is 0 Å². The van der Waals surface area contributed by atoms with Crippen LogP contribution < -0.4 is 4.90 Å². The molecule has 10 heteroatoms. The number of alkyl halides is 3. The molecule has 0 bridgehead atoms. The summed E-state index contributed by atoms with van der Waals surface area (Å²) in [5, 5.41) is 28.5. The number of aliphatic hydroxyl groups excluding tert-OH is 3. The number of aromatic nitrogens is 1. The molecule has 1 atom stereocenters. The summed E-state index contributed by atoms with van der Waals surface area (Å²) in [6.07, 6.45) is -5.57. The lowest BCUT2D eigenvalue weighted by Crippen LogP contribution is -2.35. The number of carbonyl (C=O) groups excluding carboxylic acids is 1. The molecule has 0 aliphatic carbocycles. The first-order valence-electron chi connectivity index (χ1n) is 10.9. The number of fused-ring (bicyclic) bond motifs is 1. The molecule has 0 saturated carbocycles. The number of hydrogen-bond donors (Lipinski definition) is 3. The molecule has 3 N–H and O–H groups in total. The van der Waals surface area contributed by atoms with Crippen LogP contribution in [-0.4, -0.2) is 57.4 Å². The quantitative estimate of drug-likeness (QED) is 0.511. The first-order chi connectivity index (χ1) is 16.7. The Morgan fingerprint density at radius 2 is 1.77 bits per heavy atom. The van der Waals surface area contributed by atoms with Crippen molar-refractivity contribution in [3.63, 3.8) is 0 Å². The van der Waals surface area contributed by atoms with Crippen molar-refractivity contribution in [2.45, 2.75) is 18.8 Å². The summed E-state index contributed by atoms with van der Waals surface area (Å²) >= 11 is 0. The molecular formula is C25H24F3N3O4. The van der Waals surface area contributed by atoms with Gasteiger partial charge in [0.15, 0.2) is 0 Å². The number of amides is 1. The van der Waals surface area contributed by atoms with Crippen LogP contribution in [0.1, 0.15) is 22.9 Å². The van der Waals surface area contributed by atoms with Crippen molar-refractivity contribution in [3.05, 3.63) is 77.5 Å². The smallest absolute Gasteiger partial charge is 0.393 e. The van der Waals surface area contributed by atoms with Crippen LogP contribution in [0.15, 0.2) is 60.7 Å². The predicted molar refractivity (Wildman–Crippen MR) is 123 cm³/mol. The molecule has 0 radical (unpaired) electrons. The second-order valence-electron chi connectivity index (χ2n) is 8.16. The summed E-state index contributed by atoms with van der Waals surface area (Å²) in [4.78, 5) is 20.0. The van der Waals surface area contributed by atoms with Crippen LogP contribution in [0, 0.1) is 0 Å². The van der Waals surface area contributed by atoms with E-state index in [9.17, 15) is 33.3 Å². The zero-order chi connectivity index (χ0) is 25.2. The highest BCUT2D eigenvalue weighted by molar-refractivity contribution is 5.79. The highest BCUT2D eigenvalue weighted by Gasteiger charge is 2.31. The van der Waals surface area contributed by atoms with Gasteiger partial charge < -0.3 is 25.1 Å². The highest BCUT2D eigenvalue weighted by Crippen LogP contribution is 2.36. The maximum atomic E-state index is 13.0. The van der Waals surface area contributed by atoms with E-state index in [1.807, 2.05) is 17.0 Å². The van der Waals surface area contributed by atoms with Gasteiger partial charge in [0.05, 0.1) is 23.6 Å². The molecule has 1 amide bonds. The second-order valence-corrected chi connectivity index (χ2v) is 8.16. The van der Waals surface area contributed by atoms with Gasteiger partial charge in [-0.2, -0.15) is 13.2 Å². The molecule has 7 nitrogen and oxygen atoms in total. The van der Waals surface area contributed by atoms with Gasteiger partial charge in [0.2, 0.25) is 5.91 Å². The molecule has 4 rings (SSSR count). The molecule has 3 aromatic rings. The molecular weight excluding hydrogens is 463 g/mol. The summed E-state index contributed by atoms with van der Waals surface area (Å²) in [6, 6.07) is 15.3. The van der Waals surface area contributed by atoms with E-state index in [1.165, 1.54) is 17.0 Å². The third-order valence-electron chi connectivity index (χ3n) is 5.90. The van der Waals surface area contributed by atoms with Gasteiger partial charge in [-0.3, -0.25) is 4.79 Å². The van der Waals surface area contributed by atoms with E-state index in [-0.39, 0.29) is 13.1 Å². The van der Waals surface area contributed by atoms with Gasteiger partial charge in [0.1, 0.15) is 12.7 Å². The van der Waals surface area contributed by atoms with Crippen molar-refractivity contribution in [1.29, 1.82) is 0 Å². The molecule has 0 unspecified atom stereocenters. The zero-order valence-electron chi connectivity index (χ0n) is 18.6. The Hall–Kier alpha value is -3.47. The fraction of sp³-hybridized carbons (Fsp3) is 0.280. The number of aliphatic hydroxyl groups is 3. The van der Waals surface area contributed by atoms with Crippen molar-refractivity contribution >= 4 is 17.3 Å². The van der Waals surface area contributed by atoms with E-state index in [0.29, 0.717) is 34.9 Å².